The predicted molar refractivity (Wildman–Crippen MR) is 65.6 cm³/mol. The average molecular weight is 245 g/mol. The van der Waals surface area contributed by atoms with Crippen LogP contribution >= 0.6 is 11.8 Å². The van der Waals surface area contributed by atoms with Crippen LogP contribution in [0.25, 0.3) is 0 Å². The van der Waals surface area contributed by atoms with Crippen molar-refractivity contribution in [2.75, 3.05) is 5.75 Å². The molecule has 0 aromatic heterocycles. The van der Waals surface area contributed by atoms with Crippen LogP contribution in [0.15, 0.2) is 18.2 Å². The van der Waals surface area contributed by atoms with Gasteiger partial charge in [-0.3, -0.25) is 0 Å². The van der Waals surface area contributed by atoms with Gasteiger partial charge < -0.3 is 5.73 Å². The smallest absolute Gasteiger partial charge is 0.159 e. The molecule has 0 spiro atoms. The van der Waals surface area contributed by atoms with Crippen molar-refractivity contribution in [3.8, 4) is 0 Å². The van der Waals surface area contributed by atoms with Gasteiger partial charge in [-0.2, -0.15) is 11.8 Å². The molecule has 1 unspecified atom stereocenters. The highest BCUT2D eigenvalue weighted by molar-refractivity contribution is 7.99. The van der Waals surface area contributed by atoms with E-state index in [9.17, 15) is 8.78 Å². The normalized spacial score (nSPS) is 13.1. The molecule has 1 aromatic carbocycles. The summed E-state index contributed by atoms with van der Waals surface area (Å²) in [6.07, 6.45) is 0.580. The molecule has 0 bridgehead atoms. The van der Waals surface area contributed by atoms with Gasteiger partial charge in [-0.25, -0.2) is 8.78 Å². The molecular formula is C12H17F2NS. The van der Waals surface area contributed by atoms with Crippen molar-refractivity contribution >= 4 is 11.8 Å². The maximum absolute atomic E-state index is 12.9. The van der Waals surface area contributed by atoms with Crippen LogP contribution in [-0.2, 0) is 6.42 Å². The summed E-state index contributed by atoms with van der Waals surface area (Å²) in [5.41, 5.74) is 6.65. The number of benzene rings is 1. The summed E-state index contributed by atoms with van der Waals surface area (Å²) in [6, 6.07) is 3.93. The molecule has 0 aliphatic heterocycles. The zero-order valence-corrected chi connectivity index (χ0v) is 10.4. The molecule has 0 radical (unpaired) electrons. The zero-order chi connectivity index (χ0) is 12.1. The van der Waals surface area contributed by atoms with Crippen LogP contribution in [0, 0.1) is 11.6 Å². The Kier molecular flexibility index (Phi) is 5.22. The van der Waals surface area contributed by atoms with Gasteiger partial charge in [0.05, 0.1) is 0 Å². The molecule has 1 atom stereocenters. The number of thioether (sulfide) groups is 1. The average Bonchev–Trinajstić information content (AvgIpc) is 2.21. The summed E-state index contributed by atoms with van der Waals surface area (Å²) < 4.78 is 25.6. The third kappa shape index (κ3) is 4.49. The molecule has 90 valence electrons. The van der Waals surface area contributed by atoms with E-state index in [4.69, 9.17) is 5.73 Å². The topological polar surface area (TPSA) is 26.0 Å². The van der Waals surface area contributed by atoms with E-state index in [-0.39, 0.29) is 6.04 Å². The van der Waals surface area contributed by atoms with Gasteiger partial charge in [-0.1, -0.05) is 19.9 Å². The number of halogens is 2. The Bertz CT molecular complexity index is 342. The van der Waals surface area contributed by atoms with Crippen molar-refractivity contribution in [2.45, 2.75) is 31.6 Å². The Morgan fingerprint density at radius 3 is 2.50 bits per heavy atom. The molecule has 0 saturated heterocycles. The Morgan fingerprint density at radius 1 is 1.25 bits per heavy atom. The van der Waals surface area contributed by atoms with E-state index in [0.717, 1.165) is 17.4 Å². The van der Waals surface area contributed by atoms with E-state index in [0.29, 0.717) is 11.7 Å². The Balaban J connectivity index is 2.49. The highest BCUT2D eigenvalue weighted by atomic mass is 32.2. The summed E-state index contributed by atoms with van der Waals surface area (Å²) in [7, 11) is 0. The first kappa shape index (κ1) is 13.5. The van der Waals surface area contributed by atoms with Crippen molar-refractivity contribution in [2.24, 2.45) is 5.73 Å². The summed E-state index contributed by atoms with van der Waals surface area (Å²) >= 11 is 1.77. The lowest BCUT2D eigenvalue weighted by molar-refractivity contribution is 0.506. The molecule has 2 N–H and O–H groups in total. The van der Waals surface area contributed by atoms with Crippen molar-refractivity contribution in [3.05, 3.63) is 35.4 Å². The van der Waals surface area contributed by atoms with Crippen molar-refractivity contribution in [1.82, 2.24) is 0 Å². The fourth-order valence-corrected chi connectivity index (χ4v) is 2.09. The highest BCUT2D eigenvalue weighted by Crippen LogP contribution is 2.14. The molecule has 0 aliphatic rings. The molecule has 1 nitrogen and oxygen atoms in total. The van der Waals surface area contributed by atoms with E-state index in [1.807, 2.05) is 0 Å². The van der Waals surface area contributed by atoms with Gasteiger partial charge in [-0.15, -0.1) is 0 Å². The number of hydrogen-bond acceptors (Lipinski definition) is 2. The Morgan fingerprint density at radius 2 is 1.94 bits per heavy atom. The molecule has 1 rings (SSSR count). The maximum Gasteiger partial charge on any atom is 0.159 e. The summed E-state index contributed by atoms with van der Waals surface area (Å²) in [6.45, 7) is 4.21. The standard InChI is InChI=1S/C12H17F2NS/c1-8(2)16-7-10(15)5-9-3-4-11(13)12(14)6-9/h3-4,6,8,10H,5,7,15H2,1-2H3. The van der Waals surface area contributed by atoms with Crippen LogP contribution in [0.3, 0.4) is 0 Å². The lowest BCUT2D eigenvalue weighted by atomic mass is 10.1. The second-order valence-electron chi connectivity index (χ2n) is 4.09. The quantitative estimate of drug-likeness (QED) is 0.863. The van der Waals surface area contributed by atoms with E-state index in [1.54, 1.807) is 17.8 Å². The van der Waals surface area contributed by atoms with Crippen LogP contribution in [0.2, 0.25) is 0 Å². The third-order valence-electron chi connectivity index (χ3n) is 2.13. The molecule has 0 heterocycles. The monoisotopic (exact) mass is 245 g/mol. The number of nitrogens with two attached hydrogens (primary N) is 1. The van der Waals surface area contributed by atoms with E-state index in [1.165, 1.54) is 6.07 Å². The van der Waals surface area contributed by atoms with Gasteiger partial charge in [0, 0.05) is 11.8 Å². The molecule has 0 fully saturated rings. The predicted octanol–water partition coefficient (Wildman–Crippen LogP) is 2.98. The van der Waals surface area contributed by atoms with Crippen molar-refractivity contribution in [3.63, 3.8) is 0 Å². The molecular weight excluding hydrogens is 228 g/mol. The van der Waals surface area contributed by atoms with E-state index >= 15 is 0 Å². The number of rotatable bonds is 5. The highest BCUT2D eigenvalue weighted by Gasteiger charge is 2.08. The van der Waals surface area contributed by atoms with Gasteiger partial charge in [-0.05, 0) is 29.4 Å². The lowest BCUT2D eigenvalue weighted by Gasteiger charge is -2.13. The first-order chi connectivity index (χ1) is 7.49. The molecule has 4 heteroatoms. The summed E-state index contributed by atoms with van der Waals surface area (Å²) in [4.78, 5) is 0. The van der Waals surface area contributed by atoms with Gasteiger partial charge in [0.15, 0.2) is 11.6 Å². The Hall–Kier alpha value is -0.610. The second kappa shape index (κ2) is 6.21. The molecule has 0 aliphatic carbocycles. The minimum absolute atomic E-state index is 0.0164. The molecule has 0 amide bonds. The van der Waals surface area contributed by atoms with Crippen molar-refractivity contribution in [1.29, 1.82) is 0 Å². The van der Waals surface area contributed by atoms with E-state index < -0.39 is 11.6 Å². The van der Waals surface area contributed by atoms with Crippen LogP contribution in [0.4, 0.5) is 8.78 Å². The van der Waals surface area contributed by atoms with Crippen molar-refractivity contribution < 1.29 is 8.78 Å². The van der Waals surface area contributed by atoms with Crippen LogP contribution in [0.1, 0.15) is 19.4 Å². The van der Waals surface area contributed by atoms with Gasteiger partial charge in [0.1, 0.15) is 0 Å². The molecule has 16 heavy (non-hydrogen) atoms. The first-order valence-corrected chi connectivity index (χ1v) is 6.35. The van der Waals surface area contributed by atoms with Crippen LogP contribution in [0.5, 0.6) is 0 Å². The summed E-state index contributed by atoms with van der Waals surface area (Å²) in [5.74, 6) is -0.786. The third-order valence-corrected chi connectivity index (χ3v) is 3.41. The molecule has 0 saturated carbocycles. The van der Waals surface area contributed by atoms with Gasteiger partial charge >= 0.3 is 0 Å². The second-order valence-corrected chi connectivity index (χ2v) is 5.70. The largest absolute Gasteiger partial charge is 0.327 e. The number of hydrogen-bond donors (Lipinski definition) is 1. The fourth-order valence-electron chi connectivity index (χ4n) is 1.34. The van der Waals surface area contributed by atoms with Gasteiger partial charge in [0.2, 0.25) is 0 Å². The lowest BCUT2D eigenvalue weighted by Crippen LogP contribution is -2.26. The fraction of sp³-hybridized carbons (Fsp3) is 0.500. The van der Waals surface area contributed by atoms with Crippen LogP contribution in [-0.4, -0.2) is 17.0 Å². The maximum atomic E-state index is 12.9. The summed E-state index contributed by atoms with van der Waals surface area (Å²) in [5, 5.41) is 0.538. The van der Waals surface area contributed by atoms with Crippen LogP contribution < -0.4 is 5.73 Å². The zero-order valence-electron chi connectivity index (χ0n) is 9.54. The minimum atomic E-state index is -0.811. The van der Waals surface area contributed by atoms with Gasteiger partial charge in [0.25, 0.3) is 0 Å². The minimum Gasteiger partial charge on any atom is -0.327 e. The SMILES string of the molecule is CC(C)SCC(N)Cc1ccc(F)c(F)c1. The Labute approximate surface area is 99.4 Å². The van der Waals surface area contributed by atoms with E-state index in [2.05, 4.69) is 13.8 Å². The first-order valence-electron chi connectivity index (χ1n) is 5.30. The molecule has 1 aromatic rings.